The molecule has 0 bridgehead atoms. The van der Waals surface area contributed by atoms with Crippen molar-refractivity contribution in [1.82, 2.24) is 4.72 Å². The molecule has 9 nitrogen and oxygen atoms in total. The Morgan fingerprint density at radius 2 is 1.76 bits per heavy atom. The fourth-order valence-corrected chi connectivity index (χ4v) is 5.39. The van der Waals surface area contributed by atoms with E-state index in [-0.39, 0.29) is 40.5 Å². The maximum atomic E-state index is 13.3. The highest BCUT2D eigenvalue weighted by atomic mass is 32.3. The van der Waals surface area contributed by atoms with Gasteiger partial charge in [0.25, 0.3) is 0 Å². The van der Waals surface area contributed by atoms with Gasteiger partial charge in [-0.25, -0.2) is 4.72 Å². The van der Waals surface area contributed by atoms with Crippen molar-refractivity contribution in [3.05, 3.63) is 72.3 Å². The summed E-state index contributed by atoms with van der Waals surface area (Å²) in [5.41, 5.74) is 2.81. The Morgan fingerprint density at radius 3 is 2.51 bits per heavy atom. The molecule has 0 radical (unpaired) electrons. The molecular weight excluding hydrogens is 496 g/mol. The Hall–Kier alpha value is -3.12. The number of fused-ring (bicyclic) bond motifs is 1. The summed E-state index contributed by atoms with van der Waals surface area (Å²) in [6.07, 6.45) is 1.54. The third kappa shape index (κ3) is 5.59. The summed E-state index contributed by atoms with van der Waals surface area (Å²) in [7, 11) is -3.18. The largest absolute Gasteiger partial charge is 0.454 e. The first-order valence-corrected chi connectivity index (χ1v) is 13.6. The highest BCUT2D eigenvalue weighted by Gasteiger charge is 2.51. The number of benzene rings is 3. The van der Waals surface area contributed by atoms with Crippen LogP contribution in [0.3, 0.4) is 0 Å². The summed E-state index contributed by atoms with van der Waals surface area (Å²) < 4.78 is 39.6. The third-order valence-electron chi connectivity index (χ3n) is 6.53. The summed E-state index contributed by atoms with van der Waals surface area (Å²) in [5.74, 6) is 1.31. The number of rotatable bonds is 11. The smallest absolute Gasteiger partial charge is 0.235 e. The molecule has 1 aliphatic heterocycles. The Morgan fingerprint density at radius 1 is 0.973 bits per heavy atom. The molecule has 10 heteroatoms. The van der Waals surface area contributed by atoms with Crippen LogP contribution in [0.2, 0.25) is 0 Å². The van der Waals surface area contributed by atoms with E-state index in [1.807, 2.05) is 54.6 Å². The van der Waals surface area contributed by atoms with Gasteiger partial charge in [-0.05, 0) is 65.9 Å². The monoisotopic (exact) mass is 528 g/mol. The van der Waals surface area contributed by atoms with Crippen LogP contribution in [-0.4, -0.2) is 53.3 Å². The lowest BCUT2D eigenvalue weighted by atomic mass is 9.94. The molecule has 198 valence electrons. The van der Waals surface area contributed by atoms with Crippen molar-refractivity contribution in [3.63, 3.8) is 0 Å². The van der Waals surface area contributed by atoms with Gasteiger partial charge in [0.05, 0.1) is 30.1 Å². The maximum Gasteiger partial charge on any atom is 0.235 e. The molecule has 3 aromatic rings. The van der Waals surface area contributed by atoms with Crippen molar-refractivity contribution in [2.45, 2.75) is 23.2 Å². The van der Waals surface area contributed by atoms with E-state index >= 15 is 0 Å². The van der Waals surface area contributed by atoms with Crippen molar-refractivity contribution in [3.8, 4) is 22.6 Å². The Balaban J connectivity index is 0.00000336. The number of carbonyl (C=O) groups excluding carboxylic acids is 1. The highest BCUT2D eigenvalue weighted by Crippen LogP contribution is 2.51. The van der Waals surface area contributed by atoms with Gasteiger partial charge in [0.2, 0.25) is 12.7 Å². The van der Waals surface area contributed by atoms with Gasteiger partial charge in [0.1, 0.15) is 0 Å². The summed E-state index contributed by atoms with van der Waals surface area (Å²) in [6, 6.07) is 20.2. The van der Waals surface area contributed by atoms with E-state index in [4.69, 9.17) is 19.3 Å². The second-order valence-corrected chi connectivity index (χ2v) is 10.8. The average molecular weight is 529 g/mol. The number of ether oxygens (including phenoxy) is 3. The Bertz CT molecular complexity index is 1270. The number of carbonyl (C=O) groups is 1. The third-order valence-corrected chi connectivity index (χ3v) is 8.07. The topological polar surface area (TPSA) is 130 Å². The number of hydrogen-bond acceptors (Lipinski definition) is 8. The van der Waals surface area contributed by atoms with E-state index in [0.717, 1.165) is 29.5 Å². The fourth-order valence-electron chi connectivity index (χ4n) is 4.34. The van der Waals surface area contributed by atoms with Crippen molar-refractivity contribution >= 4 is 22.4 Å². The van der Waals surface area contributed by atoms with Crippen LogP contribution in [0.25, 0.3) is 11.1 Å². The van der Waals surface area contributed by atoms with Crippen LogP contribution < -0.4 is 19.5 Å². The molecule has 0 unspecified atom stereocenters. The van der Waals surface area contributed by atoms with Gasteiger partial charge in [-0.2, -0.15) is 0 Å². The van der Waals surface area contributed by atoms with Gasteiger partial charge in [0.15, 0.2) is 11.5 Å². The van der Waals surface area contributed by atoms with E-state index in [0.29, 0.717) is 22.1 Å². The SMILES string of the molecule is O=C(Nc1cccc(-c2ccc(S(O)(O)NCCOCCO)cc2)c1)C1(c2ccc3c(c2)OCO3)CC1.[HH]. The molecule has 1 amide bonds. The molecular formula is C27H32N2O7S. The molecule has 0 atom stereocenters. The zero-order chi connectivity index (χ0) is 25.9. The molecule has 37 heavy (non-hydrogen) atoms. The summed E-state index contributed by atoms with van der Waals surface area (Å²) in [4.78, 5) is 13.6. The van der Waals surface area contributed by atoms with E-state index in [9.17, 15) is 13.9 Å². The molecule has 1 fully saturated rings. The van der Waals surface area contributed by atoms with Crippen LogP contribution in [0, 0.1) is 0 Å². The number of aliphatic hydroxyl groups is 1. The number of anilines is 1. The van der Waals surface area contributed by atoms with Crippen molar-refractivity contribution in [1.29, 1.82) is 0 Å². The molecule has 0 aromatic heterocycles. The molecule has 5 rings (SSSR count). The minimum Gasteiger partial charge on any atom is -0.454 e. The first kappa shape index (κ1) is 25.5. The van der Waals surface area contributed by atoms with Crippen LogP contribution in [-0.2, 0) is 14.9 Å². The second kappa shape index (κ2) is 10.7. The van der Waals surface area contributed by atoms with Gasteiger partial charge >= 0.3 is 0 Å². The molecule has 0 spiro atoms. The minimum atomic E-state index is -3.18. The maximum absolute atomic E-state index is 13.3. The molecule has 1 saturated carbocycles. The van der Waals surface area contributed by atoms with Gasteiger partial charge in [-0.3, -0.25) is 13.9 Å². The van der Waals surface area contributed by atoms with E-state index in [1.54, 1.807) is 12.1 Å². The van der Waals surface area contributed by atoms with Gasteiger partial charge in [-0.1, -0.05) is 30.3 Å². The van der Waals surface area contributed by atoms with Crippen molar-refractivity contribution in [2.24, 2.45) is 0 Å². The molecule has 2 aliphatic rings. The molecule has 0 saturated heterocycles. The van der Waals surface area contributed by atoms with Crippen LogP contribution in [0.5, 0.6) is 11.5 Å². The molecule has 5 N–H and O–H groups in total. The highest BCUT2D eigenvalue weighted by molar-refractivity contribution is 8.22. The van der Waals surface area contributed by atoms with E-state index in [1.165, 1.54) is 0 Å². The normalized spacial score (nSPS) is 15.9. The fraction of sp³-hybridized carbons (Fsp3) is 0.296. The Kier molecular flexibility index (Phi) is 7.38. The van der Waals surface area contributed by atoms with Crippen LogP contribution in [0.4, 0.5) is 5.69 Å². The standard InChI is InChI=1S/C27H30N2O7S.H2/c30-13-15-34-14-12-28-37(32,33)23-7-4-19(5-8-23)20-2-1-3-22(16-20)29-26(31)27(10-11-27)21-6-9-24-25(17-21)36-18-35-24;/h1-9,16-17,28,30,32-33H,10-15,18H2,(H,29,31);1H. The number of aliphatic hydroxyl groups excluding tert-OH is 1. The lowest BCUT2D eigenvalue weighted by Crippen LogP contribution is -2.27. The van der Waals surface area contributed by atoms with Crippen molar-refractivity contribution in [2.75, 3.05) is 38.5 Å². The minimum absolute atomic E-state index is 0. The lowest BCUT2D eigenvalue weighted by molar-refractivity contribution is -0.118. The first-order chi connectivity index (χ1) is 17.9. The molecule has 1 heterocycles. The van der Waals surface area contributed by atoms with Gasteiger partial charge < -0.3 is 24.6 Å². The molecule has 3 aromatic carbocycles. The average Bonchev–Trinajstić information content (AvgIpc) is 3.59. The summed E-state index contributed by atoms with van der Waals surface area (Å²) in [5, 5.41) is 11.8. The van der Waals surface area contributed by atoms with Crippen LogP contribution in [0.1, 0.15) is 19.8 Å². The first-order valence-electron chi connectivity index (χ1n) is 12.0. The van der Waals surface area contributed by atoms with Crippen LogP contribution in [0.15, 0.2) is 71.6 Å². The second-order valence-electron chi connectivity index (χ2n) is 8.99. The summed E-state index contributed by atoms with van der Waals surface area (Å²) >= 11 is 0. The predicted molar refractivity (Wildman–Crippen MR) is 143 cm³/mol. The van der Waals surface area contributed by atoms with E-state index in [2.05, 4.69) is 10.0 Å². The lowest BCUT2D eigenvalue weighted by Gasteiger charge is -2.33. The zero-order valence-corrected chi connectivity index (χ0v) is 21.0. The van der Waals surface area contributed by atoms with E-state index < -0.39 is 16.2 Å². The summed E-state index contributed by atoms with van der Waals surface area (Å²) in [6.45, 7) is 0.807. The quantitative estimate of drug-likeness (QED) is 0.228. The zero-order valence-electron chi connectivity index (χ0n) is 20.2. The van der Waals surface area contributed by atoms with Gasteiger partial charge in [-0.15, -0.1) is 10.8 Å². The predicted octanol–water partition coefficient (Wildman–Crippen LogP) is 4.62. The van der Waals surface area contributed by atoms with Crippen LogP contribution >= 0.6 is 10.8 Å². The number of hydrogen-bond donors (Lipinski definition) is 5. The Labute approximate surface area is 218 Å². The van der Waals surface area contributed by atoms with Gasteiger partial charge in [0, 0.05) is 13.7 Å². The number of nitrogens with one attached hydrogen (secondary N) is 2. The van der Waals surface area contributed by atoms with Crippen molar-refractivity contribution < 1.29 is 34.6 Å². The number of amides is 1. The molecule has 1 aliphatic carbocycles.